The average molecular weight is 444 g/mol. The van der Waals surface area contributed by atoms with Crippen LogP contribution in [0.1, 0.15) is 0 Å². The van der Waals surface area contributed by atoms with Crippen molar-refractivity contribution in [2.45, 2.75) is 6.54 Å². The van der Waals surface area contributed by atoms with Gasteiger partial charge < -0.3 is 18.8 Å². The summed E-state index contributed by atoms with van der Waals surface area (Å²) < 4.78 is 17.4. The Bertz CT molecular complexity index is 1070. The van der Waals surface area contributed by atoms with Gasteiger partial charge in [0.1, 0.15) is 16.7 Å². The number of pyridine rings is 2. The minimum Gasteiger partial charge on any atom is -0.495 e. The molecule has 0 N–H and O–H groups in total. The molecule has 0 saturated heterocycles. The minimum absolute atomic E-state index is 0.231. The van der Waals surface area contributed by atoms with Gasteiger partial charge in [0.15, 0.2) is 0 Å². The second-order valence-corrected chi connectivity index (χ2v) is 7.00. The second kappa shape index (κ2) is 8.57. The van der Waals surface area contributed by atoms with Gasteiger partial charge in [0.05, 0.1) is 42.0 Å². The number of hydrogen-bond acceptors (Lipinski definition) is 5. The molecule has 0 spiro atoms. The van der Waals surface area contributed by atoms with Crippen molar-refractivity contribution in [3.05, 3.63) is 49.9 Å². The van der Waals surface area contributed by atoms with E-state index in [-0.39, 0.29) is 27.3 Å². The van der Waals surface area contributed by atoms with Crippen molar-refractivity contribution in [1.29, 1.82) is 0 Å². The highest BCUT2D eigenvalue weighted by Crippen LogP contribution is 2.46. The summed E-state index contributed by atoms with van der Waals surface area (Å²) in [6.07, 6.45) is 1.53. The van der Waals surface area contributed by atoms with Crippen LogP contribution >= 0.6 is 34.8 Å². The summed E-state index contributed by atoms with van der Waals surface area (Å²) in [7, 11) is 4.53. The van der Waals surface area contributed by atoms with E-state index in [2.05, 4.69) is 4.98 Å². The topological polar surface area (TPSA) is 62.6 Å². The van der Waals surface area contributed by atoms with Crippen LogP contribution in [-0.4, -0.2) is 37.5 Å². The van der Waals surface area contributed by atoms with Crippen LogP contribution in [0.15, 0.2) is 29.2 Å². The second-order valence-electron chi connectivity index (χ2n) is 5.86. The van der Waals surface area contributed by atoms with Crippen molar-refractivity contribution in [3.63, 3.8) is 0 Å². The summed E-state index contributed by atoms with van der Waals surface area (Å²) in [5.74, 6) is 0.746. The zero-order valence-electron chi connectivity index (χ0n) is 15.4. The molecule has 3 aromatic rings. The standard InChI is InChI=1S/C19H17Cl3N2O4/c1-26-5-4-24-12(6-10-9-23-15(20)7-11(10)19(24)25)16-17(21)13(27-2)8-14(28-3)18(16)22/h6-9H,4-5H2,1-3H3. The van der Waals surface area contributed by atoms with Gasteiger partial charge in [-0.25, -0.2) is 4.98 Å². The van der Waals surface area contributed by atoms with Crippen LogP contribution in [0.5, 0.6) is 11.5 Å². The summed E-state index contributed by atoms with van der Waals surface area (Å²) >= 11 is 19.1. The van der Waals surface area contributed by atoms with E-state index in [0.717, 1.165) is 0 Å². The number of nitrogens with zero attached hydrogens (tertiary/aromatic N) is 2. The molecule has 0 aliphatic rings. The molecule has 0 saturated carbocycles. The van der Waals surface area contributed by atoms with Crippen molar-refractivity contribution in [2.75, 3.05) is 27.9 Å². The maximum atomic E-state index is 13.2. The van der Waals surface area contributed by atoms with Gasteiger partial charge in [0.25, 0.3) is 5.56 Å². The lowest BCUT2D eigenvalue weighted by atomic mass is 10.1. The fraction of sp³-hybridized carbons (Fsp3) is 0.263. The summed E-state index contributed by atoms with van der Waals surface area (Å²) in [4.78, 5) is 17.2. The molecule has 0 bridgehead atoms. The molecule has 0 aliphatic carbocycles. The maximum Gasteiger partial charge on any atom is 0.259 e. The average Bonchev–Trinajstić information content (AvgIpc) is 2.68. The van der Waals surface area contributed by atoms with Crippen LogP contribution in [0, 0.1) is 0 Å². The monoisotopic (exact) mass is 442 g/mol. The number of hydrogen-bond donors (Lipinski definition) is 0. The van der Waals surface area contributed by atoms with E-state index in [0.29, 0.717) is 40.1 Å². The first-order chi connectivity index (χ1) is 13.4. The lowest BCUT2D eigenvalue weighted by Gasteiger charge is -2.19. The highest BCUT2D eigenvalue weighted by Gasteiger charge is 2.22. The number of aromatic nitrogens is 2. The third-order valence-corrected chi connectivity index (χ3v) is 5.27. The zero-order chi connectivity index (χ0) is 20.4. The van der Waals surface area contributed by atoms with E-state index in [1.54, 1.807) is 19.2 Å². The third kappa shape index (κ3) is 3.65. The van der Waals surface area contributed by atoms with E-state index >= 15 is 0 Å². The van der Waals surface area contributed by atoms with Crippen molar-refractivity contribution in [2.24, 2.45) is 0 Å². The van der Waals surface area contributed by atoms with E-state index in [1.165, 1.54) is 31.0 Å². The van der Waals surface area contributed by atoms with E-state index in [1.807, 2.05) is 0 Å². The van der Waals surface area contributed by atoms with Crippen LogP contribution in [0.3, 0.4) is 0 Å². The Morgan fingerprint density at radius 2 is 1.64 bits per heavy atom. The van der Waals surface area contributed by atoms with Gasteiger partial charge in [-0.1, -0.05) is 34.8 Å². The third-order valence-electron chi connectivity index (χ3n) is 4.31. The first-order valence-corrected chi connectivity index (χ1v) is 9.34. The van der Waals surface area contributed by atoms with Gasteiger partial charge in [-0.05, 0) is 12.1 Å². The normalized spacial score (nSPS) is 11.1. The molecule has 3 rings (SSSR count). The van der Waals surface area contributed by atoms with Gasteiger partial charge in [0, 0.05) is 36.9 Å². The van der Waals surface area contributed by atoms with Crippen molar-refractivity contribution in [1.82, 2.24) is 9.55 Å². The van der Waals surface area contributed by atoms with Crippen LogP contribution in [0.25, 0.3) is 22.0 Å². The van der Waals surface area contributed by atoms with Crippen LogP contribution in [0.2, 0.25) is 15.2 Å². The summed E-state index contributed by atoms with van der Waals surface area (Å²) in [6.45, 7) is 0.598. The van der Waals surface area contributed by atoms with Gasteiger partial charge in [-0.2, -0.15) is 0 Å². The number of fused-ring (bicyclic) bond motifs is 1. The molecule has 2 heterocycles. The van der Waals surface area contributed by atoms with E-state index in [4.69, 9.17) is 49.0 Å². The Kier molecular flexibility index (Phi) is 6.35. The number of halogens is 3. The first kappa shape index (κ1) is 20.7. The van der Waals surface area contributed by atoms with Crippen LogP contribution in [-0.2, 0) is 11.3 Å². The highest BCUT2D eigenvalue weighted by atomic mass is 35.5. The van der Waals surface area contributed by atoms with E-state index in [9.17, 15) is 4.79 Å². The van der Waals surface area contributed by atoms with Crippen LogP contribution < -0.4 is 15.0 Å². The Morgan fingerprint density at radius 1 is 1.00 bits per heavy atom. The Hall–Kier alpha value is -1.99. The van der Waals surface area contributed by atoms with Gasteiger partial charge in [0.2, 0.25) is 0 Å². The molecule has 0 aliphatic heterocycles. The molecule has 28 heavy (non-hydrogen) atoms. The van der Waals surface area contributed by atoms with Crippen molar-refractivity contribution >= 4 is 45.6 Å². The lowest BCUT2D eigenvalue weighted by Crippen LogP contribution is -2.24. The molecule has 1 aromatic carbocycles. The molecule has 0 amide bonds. The highest BCUT2D eigenvalue weighted by molar-refractivity contribution is 6.41. The largest absolute Gasteiger partial charge is 0.495 e. The predicted octanol–water partition coefficient (Wildman–Crippen LogP) is 4.69. The van der Waals surface area contributed by atoms with Gasteiger partial charge in [-0.3, -0.25) is 4.79 Å². The molecule has 0 unspecified atom stereocenters. The number of rotatable bonds is 6. The first-order valence-electron chi connectivity index (χ1n) is 8.21. The summed E-state index contributed by atoms with van der Waals surface area (Å²) in [6, 6.07) is 4.90. The zero-order valence-corrected chi connectivity index (χ0v) is 17.7. The maximum absolute atomic E-state index is 13.2. The Balaban J connectivity index is 2.43. The minimum atomic E-state index is -0.261. The quantitative estimate of drug-likeness (QED) is 0.517. The SMILES string of the molecule is COCCn1c(-c2c(Cl)c(OC)cc(OC)c2Cl)cc2cnc(Cl)cc2c1=O. The molecule has 0 fully saturated rings. The summed E-state index contributed by atoms with van der Waals surface area (Å²) in [5.41, 5.74) is 0.651. The molecule has 2 aromatic heterocycles. The molecule has 0 radical (unpaired) electrons. The van der Waals surface area contributed by atoms with Gasteiger partial charge >= 0.3 is 0 Å². The molecule has 6 nitrogen and oxygen atoms in total. The molecule has 148 valence electrons. The van der Waals surface area contributed by atoms with Crippen molar-refractivity contribution in [3.8, 4) is 22.8 Å². The Morgan fingerprint density at radius 3 is 2.21 bits per heavy atom. The molecule has 9 heteroatoms. The molecular formula is C19H17Cl3N2O4. The number of methoxy groups -OCH3 is 3. The lowest BCUT2D eigenvalue weighted by molar-refractivity contribution is 0.187. The van der Waals surface area contributed by atoms with Gasteiger partial charge in [-0.15, -0.1) is 0 Å². The Labute approximate surface area is 176 Å². The predicted molar refractivity (Wildman–Crippen MR) is 111 cm³/mol. The smallest absolute Gasteiger partial charge is 0.259 e. The van der Waals surface area contributed by atoms with Crippen molar-refractivity contribution < 1.29 is 14.2 Å². The summed E-state index contributed by atoms with van der Waals surface area (Å²) in [5, 5.41) is 1.80. The molecular weight excluding hydrogens is 427 g/mol. The number of benzene rings is 1. The molecule has 0 atom stereocenters. The fourth-order valence-corrected chi connectivity index (χ4v) is 3.80. The van der Waals surface area contributed by atoms with E-state index < -0.39 is 0 Å². The fourth-order valence-electron chi connectivity index (χ4n) is 2.94. The number of ether oxygens (including phenoxy) is 3. The van der Waals surface area contributed by atoms with Crippen LogP contribution in [0.4, 0.5) is 0 Å².